The molecule has 0 bridgehead atoms. The van der Waals surface area contributed by atoms with Crippen molar-refractivity contribution in [2.75, 3.05) is 0 Å². The van der Waals surface area contributed by atoms with E-state index in [-0.39, 0.29) is 16.8 Å². The summed E-state index contributed by atoms with van der Waals surface area (Å²) in [7, 11) is 0. The number of hydrogen-bond donors (Lipinski definition) is 0. The fourth-order valence-electron chi connectivity index (χ4n) is 2.36. The van der Waals surface area contributed by atoms with Crippen LogP contribution >= 0.6 is 0 Å². The van der Waals surface area contributed by atoms with Crippen molar-refractivity contribution in [3.05, 3.63) is 77.5 Å². The number of nitrogens with zero attached hydrogens (tertiary/aromatic N) is 1. The Kier molecular flexibility index (Phi) is 4.15. The molecule has 0 saturated carbocycles. The molecular formula is C19H14F3N. The average Bonchev–Trinajstić information content (AvgIpc) is 2.55. The Morgan fingerprint density at radius 1 is 0.826 bits per heavy atom. The number of rotatable bonds is 3. The van der Waals surface area contributed by atoms with Crippen LogP contribution in [0.2, 0.25) is 0 Å². The highest BCUT2D eigenvalue weighted by Crippen LogP contribution is 2.27. The van der Waals surface area contributed by atoms with Gasteiger partial charge in [0, 0.05) is 22.9 Å². The molecular weight excluding hydrogens is 299 g/mol. The minimum Gasteiger partial charge on any atom is -0.253 e. The quantitative estimate of drug-likeness (QED) is 0.624. The van der Waals surface area contributed by atoms with Crippen LogP contribution in [0, 0.1) is 18.6 Å². The van der Waals surface area contributed by atoms with Gasteiger partial charge in [-0.2, -0.15) is 0 Å². The van der Waals surface area contributed by atoms with Crippen molar-refractivity contribution in [3.8, 4) is 22.4 Å². The van der Waals surface area contributed by atoms with E-state index < -0.39 is 18.3 Å². The Labute approximate surface area is 132 Å². The second-order valence-corrected chi connectivity index (χ2v) is 5.36. The summed E-state index contributed by atoms with van der Waals surface area (Å²) in [6, 6.07) is 12.9. The van der Waals surface area contributed by atoms with Gasteiger partial charge in [-0.25, -0.2) is 13.2 Å². The summed E-state index contributed by atoms with van der Waals surface area (Å²) >= 11 is 0. The molecule has 0 aliphatic heterocycles. The number of aromatic nitrogens is 1. The maximum atomic E-state index is 14.4. The summed E-state index contributed by atoms with van der Waals surface area (Å²) in [4.78, 5) is 4.11. The summed E-state index contributed by atoms with van der Waals surface area (Å²) in [6.07, 6.45) is 1.55. The third kappa shape index (κ3) is 3.11. The van der Waals surface area contributed by atoms with Gasteiger partial charge in [-0.15, -0.1) is 0 Å². The number of halogens is 3. The number of hydrogen-bond acceptors (Lipinski definition) is 1. The molecule has 116 valence electrons. The Hall–Kier alpha value is -2.62. The second-order valence-electron chi connectivity index (χ2n) is 5.36. The van der Waals surface area contributed by atoms with E-state index in [9.17, 15) is 13.2 Å². The summed E-state index contributed by atoms with van der Waals surface area (Å²) in [5.41, 5.74) is 2.89. The van der Waals surface area contributed by atoms with Crippen LogP contribution in [0.1, 0.15) is 11.1 Å². The second kappa shape index (κ2) is 6.24. The van der Waals surface area contributed by atoms with E-state index in [1.807, 2.05) is 31.2 Å². The summed E-state index contributed by atoms with van der Waals surface area (Å²) < 4.78 is 40.6. The van der Waals surface area contributed by atoms with Crippen LogP contribution in [0.15, 0.2) is 54.7 Å². The van der Waals surface area contributed by atoms with Crippen molar-refractivity contribution < 1.29 is 13.2 Å². The van der Waals surface area contributed by atoms with Crippen molar-refractivity contribution in [2.24, 2.45) is 0 Å². The van der Waals surface area contributed by atoms with E-state index in [2.05, 4.69) is 4.98 Å². The van der Waals surface area contributed by atoms with E-state index in [1.165, 1.54) is 18.2 Å². The first kappa shape index (κ1) is 15.3. The van der Waals surface area contributed by atoms with Crippen molar-refractivity contribution in [1.82, 2.24) is 4.98 Å². The molecule has 0 aliphatic rings. The van der Waals surface area contributed by atoms with Gasteiger partial charge in [-0.3, -0.25) is 4.98 Å². The molecule has 0 aliphatic carbocycles. The Balaban J connectivity index is 1.99. The van der Waals surface area contributed by atoms with Crippen LogP contribution in [0.25, 0.3) is 22.4 Å². The van der Waals surface area contributed by atoms with E-state index in [0.29, 0.717) is 5.56 Å². The van der Waals surface area contributed by atoms with Crippen molar-refractivity contribution in [3.63, 3.8) is 0 Å². The van der Waals surface area contributed by atoms with Crippen LogP contribution in [0.3, 0.4) is 0 Å². The maximum absolute atomic E-state index is 14.4. The summed E-state index contributed by atoms with van der Waals surface area (Å²) in [5.74, 6) is -1.25. The highest BCUT2D eigenvalue weighted by molar-refractivity contribution is 5.67. The van der Waals surface area contributed by atoms with Gasteiger partial charge in [0.15, 0.2) is 0 Å². The van der Waals surface area contributed by atoms with Gasteiger partial charge in [-0.05, 0) is 24.6 Å². The van der Waals surface area contributed by atoms with Gasteiger partial charge in [-0.1, -0.05) is 42.0 Å². The van der Waals surface area contributed by atoms with Gasteiger partial charge >= 0.3 is 0 Å². The zero-order valence-electron chi connectivity index (χ0n) is 12.5. The zero-order chi connectivity index (χ0) is 16.4. The summed E-state index contributed by atoms with van der Waals surface area (Å²) in [6.45, 7) is 1.08. The molecule has 3 rings (SSSR count). The Morgan fingerprint density at radius 2 is 1.48 bits per heavy atom. The van der Waals surface area contributed by atoms with Crippen LogP contribution < -0.4 is 0 Å². The lowest BCUT2D eigenvalue weighted by Crippen LogP contribution is -1.94. The lowest BCUT2D eigenvalue weighted by molar-refractivity contribution is 0.464. The lowest BCUT2D eigenvalue weighted by Gasteiger charge is -2.07. The third-order valence-corrected chi connectivity index (χ3v) is 3.70. The van der Waals surface area contributed by atoms with E-state index in [0.717, 1.165) is 17.2 Å². The number of alkyl halides is 1. The van der Waals surface area contributed by atoms with Crippen molar-refractivity contribution >= 4 is 0 Å². The van der Waals surface area contributed by atoms with E-state index >= 15 is 0 Å². The van der Waals surface area contributed by atoms with Crippen molar-refractivity contribution in [1.29, 1.82) is 0 Å². The molecule has 0 radical (unpaired) electrons. The smallest absolute Gasteiger partial charge is 0.150 e. The fourth-order valence-corrected chi connectivity index (χ4v) is 2.36. The van der Waals surface area contributed by atoms with Crippen LogP contribution in [-0.4, -0.2) is 4.98 Å². The van der Waals surface area contributed by atoms with Crippen LogP contribution in [-0.2, 0) is 6.67 Å². The first-order chi connectivity index (χ1) is 11.1. The first-order valence-corrected chi connectivity index (χ1v) is 7.16. The van der Waals surface area contributed by atoms with Gasteiger partial charge in [0.2, 0.25) is 0 Å². The average molecular weight is 313 g/mol. The molecule has 1 nitrogen and oxygen atoms in total. The summed E-state index contributed by atoms with van der Waals surface area (Å²) in [5, 5.41) is 0. The molecule has 0 atom stereocenters. The molecule has 3 aromatic rings. The normalized spacial score (nSPS) is 10.8. The van der Waals surface area contributed by atoms with Crippen LogP contribution in [0.5, 0.6) is 0 Å². The predicted molar refractivity (Wildman–Crippen MR) is 84.6 cm³/mol. The highest BCUT2D eigenvalue weighted by Gasteiger charge is 2.11. The highest BCUT2D eigenvalue weighted by atomic mass is 19.1. The molecule has 2 aromatic carbocycles. The minimum atomic E-state index is -0.894. The SMILES string of the molecule is Cc1ccc(-c2cnc(-c3ccc(CF)c(F)c3)c(F)c2)cc1. The molecule has 0 fully saturated rings. The standard InChI is InChI=1S/C19H14F3N/c1-12-2-4-13(5-3-12)16-9-18(22)19(23-11-16)14-6-7-15(10-20)17(21)8-14/h2-9,11H,10H2,1H3. The number of aryl methyl sites for hydroxylation is 1. The zero-order valence-corrected chi connectivity index (χ0v) is 12.5. The van der Waals surface area contributed by atoms with Gasteiger partial charge in [0.05, 0.1) is 0 Å². The lowest BCUT2D eigenvalue weighted by atomic mass is 10.0. The molecule has 23 heavy (non-hydrogen) atoms. The van der Waals surface area contributed by atoms with Crippen LogP contribution in [0.4, 0.5) is 13.2 Å². The molecule has 1 aromatic heterocycles. The molecule has 0 amide bonds. The molecule has 1 heterocycles. The predicted octanol–water partition coefficient (Wildman–Crippen LogP) is 5.47. The van der Waals surface area contributed by atoms with E-state index in [1.54, 1.807) is 6.20 Å². The molecule has 0 saturated heterocycles. The topological polar surface area (TPSA) is 12.9 Å². The third-order valence-electron chi connectivity index (χ3n) is 3.70. The van der Waals surface area contributed by atoms with E-state index in [4.69, 9.17) is 0 Å². The minimum absolute atomic E-state index is 0.0465. The molecule has 0 unspecified atom stereocenters. The van der Waals surface area contributed by atoms with Gasteiger partial charge < -0.3 is 0 Å². The monoisotopic (exact) mass is 313 g/mol. The van der Waals surface area contributed by atoms with Gasteiger partial charge in [0.1, 0.15) is 24.0 Å². The Morgan fingerprint density at radius 3 is 2.09 bits per heavy atom. The maximum Gasteiger partial charge on any atom is 0.150 e. The largest absolute Gasteiger partial charge is 0.253 e. The molecule has 4 heteroatoms. The molecule has 0 spiro atoms. The number of pyridine rings is 1. The van der Waals surface area contributed by atoms with Gasteiger partial charge in [0.25, 0.3) is 0 Å². The molecule has 0 N–H and O–H groups in total. The van der Waals surface area contributed by atoms with Crippen molar-refractivity contribution in [2.45, 2.75) is 13.6 Å². The number of benzene rings is 2. The Bertz CT molecular complexity index is 842. The first-order valence-electron chi connectivity index (χ1n) is 7.16. The fraction of sp³-hybridized carbons (Fsp3) is 0.105.